The predicted octanol–water partition coefficient (Wildman–Crippen LogP) is -11.0. The van der Waals surface area contributed by atoms with E-state index in [-0.39, 0.29) is 0 Å². The van der Waals surface area contributed by atoms with Crippen LogP contribution in [0, 0.1) is 0 Å². The van der Waals surface area contributed by atoms with E-state index < -0.39 is 139 Å². The molecule has 0 saturated heterocycles. The molecule has 22 N–H and O–H groups in total. The van der Waals surface area contributed by atoms with E-state index in [9.17, 15) is 9.59 Å². The van der Waals surface area contributed by atoms with E-state index in [4.69, 9.17) is 112 Å². The largest absolute Gasteiger partial charge is 0.478 e. The molecule has 0 aromatic heterocycles. The fourth-order valence-corrected chi connectivity index (χ4v) is 1.22. The molecule has 0 aromatic rings. The zero-order valence-corrected chi connectivity index (χ0v) is 27.1. The van der Waals surface area contributed by atoms with Crippen LogP contribution in [0.4, 0.5) is 0 Å². The minimum Gasteiger partial charge on any atom is -0.478 e. The highest BCUT2D eigenvalue weighted by atomic mass is 16.4. The molecule has 10 atom stereocenters. The van der Waals surface area contributed by atoms with Gasteiger partial charge < -0.3 is 112 Å². The van der Waals surface area contributed by atoms with Crippen LogP contribution in [0.15, 0.2) is 25.3 Å². The first-order valence-corrected chi connectivity index (χ1v) is 13.7. The van der Waals surface area contributed by atoms with Gasteiger partial charge in [-0.2, -0.15) is 0 Å². The number of carboxylic acid groups (broad SMARTS) is 2. The van der Waals surface area contributed by atoms with Crippen LogP contribution in [-0.2, 0) is 9.59 Å². The standard InChI is InChI=1S/5C4H10O4.2C3H4O2/c5*5-1-3(7)4(8)2-6;2*1-2-3(4)5/h5*3-8H,1-2H2;2*2H,1H2,(H,4,5)/t5*3-,4+;;. The molecule has 0 unspecified atom stereocenters. The molecule has 24 heteroatoms. The van der Waals surface area contributed by atoms with Crippen molar-refractivity contribution in [3.8, 4) is 0 Å². The van der Waals surface area contributed by atoms with Crippen LogP contribution in [0.25, 0.3) is 0 Å². The van der Waals surface area contributed by atoms with Crippen molar-refractivity contribution in [3.63, 3.8) is 0 Å². The van der Waals surface area contributed by atoms with Crippen LogP contribution in [0.3, 0.4) is 0 Å². The summed E-state index contributed by atoms with van der Waals surface area (Å²) in [4.78, 5) is 18.5. The second-order valence-corrected chi connectivity index (χ2v) is 8.58. The van der Waals surface area contributed by atoms with Gasteiger partial charge in [-0.25, -0.2) is 9.59 Å². The van der Waals surface area contributed by atoms with Crippen molar-refractivity contribution in [3.05, 3.63) is 25.3 Å². The van der Waals surface area contributed by atoms with E-state index in [0.29, 0.717) is 0 Å². The van der Waals surface area contributed by atoms with Gasteiger partial charge in [0, 0.05) is 12.2 Å². The average Bonchev–Trinajstić information content (AvgIpc) is 3.15. The Morgan fingerprint density at radius 2 is 0.380 bits per heavy atom. The Labute approximate surface area is 286 Å². The maximum Gasteiger partial charge on any atom is 0.327 e. The topological polar surface area (TPSA) is 479 Å². The number of hydrogen-bond acceptors (Lipinski definition) is 22. The number of carbonyl (C=O) groups is 2. The molecule has 0 saturated carbocycles. The maximum atomic E-state index is 9.25. The molecule has 306 valence electrons. The summed E-state index contributed by atoms with van der Waals surface area (Å²) in [7, 11) is 0. The van der Waals surface area contributed by atoms with E-state index in [1.807, 2.05) is 0 Å². The summed E-state index contributed by atoms with van der Waals surface area (Å²) < 4.78 is 0. The molecule has 0 aliphatic heterocycles. The number of aliphatic hydroxyl groups is 20. The van der Waals surface area contributed by atoms with E-state index in [0.717, 1.165) is 12.2 Å². The van der Waals surface area contributed by atoms with Crippen LogP contribution in [0.1, 0.15) is 0 Å². The molecule has 0 aliphatic rings. The minimum absolute atomic E-state index is 0.526. The van der Waals surface area contributed by atoms with Crippen LogP contribution < -0.4 is 0 Å². The molecule has 50 heavy (non-hydrogen) atoms. The van der Waals surface area contributed by atoms with Crippen molar-refractivity contribution in [1.29, 1.82) is 0 Å². The van der Waals surface area contributed by atoms with Crippen molar-refractivity contribution in [2.45, 2.75) is 61.0 Å². The minimum atomic E-state index is -1.22. The van der Waals surface area contributed by atoms with Gasteiger partial charge in [-0.15, -0.1) is 0 Å². The average molecular weight is 755 g/mol. The van der Waals surface area contributed by atoms with Gasteiger partial charge in [0.2, 0.25) is 0 Å². The number of hydrogen-bond donors (Lipinski definition) is 22. The molecule has 24 nitrogen and oxygen atoms in total. The van der Waals surface area contributed by atoms with Gasteiger partial charge in [0.15, 0.2) is 0 Å². The molecule has 0 spiro atoms. The first-order chi connectivity index (χ1) is 23.1. The van der Waals surface area contributed by atoms with Gasteiger partial charge in [0.25, 0.3) is 0 Å². The summed E-state index contributed by atoms with van der Waals surface area (Å²) in [5.74, 6) is -1.96. The Hall–Kier alpha value is -2.38. The predicted molar refractivity (Wildman–Crippen MR) is 167 cm³/mol. The summed E-state index contributed by atoms with van der Waals surface area (Å²) in [5, 5.41) is 181. The molecule has 0 rings (SSSR count). The van der Waals surface area contributed by atoms with Crippen LogP contribution in [0.5, 0.6) is 0 Å². The van der Waals surface area contributed by atoms with E-state index in [2.05, 4.69) is 13.2 Å². The maximum absolute atomic E-state index is 9.25. The van der Waals surface area contributed by atoms with Crippen molar-refractivity contribution < 1.29 is 122 Å². The molecule has 0 amide bonds. The van der Waals surface area contributed by atoms with Crippen molar-refractivity contribution in [1.82, 2.24) is 0 Å². The van der Waals surface area contributed by atoms with Crippen molar-refractivity contribution in [2.75, 3.05) is 66.1 Å². The lowest BCUT2D eigenvalue weighted by Gasteiger charge is -2.10. The van der Waals surface area contributed by atoms with Crippen molar-refractivity contribution in [2.24, 2.45) is 0 Å². The second kappa shape index (κ2) is 46.6. The first kappa shape index (κ1) is 62.7. The molecule has 0 aliphatic carbocycles. The Kier molecular flexibility index (Phi) is 58.5. The molecule has 0 fully saturated rings. The Morgan fingerprint density at radius 3 is 0.400 bits per heavy atom. The molecule has 0 bridgehead atoms. The van der Waals surface area contributed by atoms with Gasteiger partial charge in [0.05, 0.1) is 66.1 Å². The Balaban J connectivity index is -0.0000000870. The smallest absolute Gasteiger partial charge is 0.327 e. The van der Waals surface area contributed by atoms with E-state index >= 15 is 0 Å². The molecular formula is C26H58O24. The molecule has 0 aromatic carbocycles. The van der Waals surface area contributed by atoms with Crippen LogP contribution >= 0.6 is 0 Å². The number of rotatable bonds is 17. The highest BCUT2D eigenvalue weighted by Gasteiger charge is 2.14. The summed E-state index contributed by atoms with van der Waals surface area (Å²) in [5.41, 5.74) is 0. The fourth-order valence-electron chi connectivity index (χ4n) is 1.22. The monoisotopic (exact) mass is 754 g/mol. The molecule has 0 radical (unpaired) electrons. The Morgan fingerprint density at radius 1 is 0.320 bits per heavy atom. The Bertz CT molecular complexity index is 567. The molecule has 0 heterocycles. The lowest BCUT2D eigenvalue weighted by molar-refractivity contribution is -0.132. The van der Waals surface area contributed by atoms with Crippen LogP contribution in [-0.4, -0.2) is 251 Å². The number of aliphatic hydroxyl groups excluding tert-OH is 20. The zero-order chi connectivity index (χ0) is 41.4. The number of carboxylic acids is 2. The van der Waals surface area contributed by atoms with Crippen molar-refractivity contribution >= 4 is 11.9 Å². The fraction of sp³-hybridized carbons (Fsp3) is 0.769. The van der Waals surface area contributed by atoms with Crippen LogP contribution in [0.2, 0.25) is 0 Å². The van der Waals surface area contributed by atoms with Gasteiger partial charge >= 0.3 is 11.9 Å². The highest BCUT2D eigenvalue weighted by molar-refractivity contribution is 5.79. The second-order valence-electron chi connectivity index (χ2n) is 8.58. The zero-order valence-electron chi connectivity index (χ0n) is 27.1. The van der Waals surface area contributed by atoms with E-state index in [1.54, 1.807) is 0 Å². The normalized spacial score (nSPS) is 15.7. The third-order valence-corrected chi connectivity index (χ3v) is 4.44. The number of aliphatic carboxylic acids is 2. The van der Waals surface area contributed by atoms with Gasteiger partial charge in [-0.3, -0.25) is 0 Å². The summed E-state index contributed by atoms with van der Waals surface area (Å²) in [6, 6.07) is 0. The quantitative estimate of drug-likeness (QED) is 0.0613. The van der Waals surface area contributed by atoms with Gasteiger partial charge in [-0.05, 0) is 0 Å². The van der Waals surface area contributed by atoms with Gasteiger partial charge in [-0.1, -0.05) is 13.2 Å². The third-order valence-electron chi connectivity index (χ3n) is 4.44. The summed E-state index contributed by atoms with van der Waals surface area (Å²) in [6.07, 6.45) is -10.6. The third kappa shape index (κ3) is 52.4. The summed E-state index contributed by atoms with van der Waals surface area (Å²) >= 11 is 0. The highest BCUT2D eigenvalue weighted by Crippen LogP contribution is 1.91. The summed E-state index contributed by atoms with van der Waals surface area (Å²) in [6.45, 7) is 0.661. The lowest BCUT2D eigenvalue weighted by Crippen LogP contribution is -2.31. The van der Waals surface area contributed by atoms with Gasteiger partial charge in [0.1, 0.15) is 61.0 Å². The SMILES string of the molecule is C=CC(=O)O.C=CC(=O)O.OC[C@@H](O)[C@@H](O)CO.OC[C@@H](O)[C@@H](O)CO.OC[C@@H](O)[C@@H](O)CO.OC[C@@H](O)[C@@H](O)CO.OC[C@@H](O)[C@@H](O)CO. The first-order valence-electron chi connectivity index (χ1n) is 13.7. The van der Waals surface area contributed by atoms with E-state index in [1.165, 1.54) is 0 Å². The molecular weight excluding hydrogens is 696 g/mol. The lowest BCUT2D eigenvalue weighted by atomic mass is 10.2.